The summed E-state index contributed by atoms with van der Waals surface area (Å²) in [7, 11) is -2.24. The second-order valence-electron chi connectivity index (χ2n) is 2.42. The normalized spacial score (nSPS) is 16.6. The van der Waals surface area contributed by atoms with Gasteiger partial charge in [-0.2, -0.15) is 0 Å². The first-order valence-corrected chi connectivity index (χ1v) is 5.62. The topological polar surface area (TPSA) is 53.0 Å². The molecule has 0 heterocycles. The second-order valence-corrected chi connectivity index (χ2v) is 4.83. The van der Waals surface area contributed by atoms with E-state index in [1.165, 1.54) is 6.26 Å². The van der Waals surface area contributed by atoms with Gasteiger partial charge in [0.15, 0.2) is 0 Å². The summed E-state index contributed by atoms with van der Waals surface area (Å²) in [5, 5.41) is 3.11. The monoisotopic (exact) mass is 164 g/mol. The second kappa shape index (κ2) is 4.68. The molecule has 0 aromatic carbocycles. The molecule has 0 fully saturated rings. The van der Waals surface area contributed by atoms with Gasteiger partial charge in [-0.05, 0) is 19.5 Å². The van der Waals surface area contributed by atoms with Crippen LogP contribution in [-0.2, 0) is 9.73 Å². The van der Waals surface area contributed by atoms with E-state index in [2.05, 4.69) is 5.32 Å². The van der Waals surface area contributed by atoms with Crippen LogP contribution in [0.3, 0.4) is 0 Å². The summed E-state index contributed by atoms with van der Waals surface area (Å²) in [4.78, 5) is 0. The molecule has 0 aromatic heterocycles. The first kappa shape index (κ1) is 9.91. The molecule has 1 atom stereocenters. The zero-order chi connectivity index (χ0) is 8.04. The van der Waals surface area contributed by atoms with Gasteiger partial charge in [0.25, 0.3) is 0 Å². The number of hydrogen-bond donors (Lipinski definition) is 2. The van der Waals surface area contributed by atoms with Crippen molar-refractivity contribution in [3.63, 3.8) is 0 Å². The van der Waals surface area contributed by atoms with E-state index in [-0.39, 0.29) is 0 Å². The van der Waals surface area contributed by atoms with Crippen molar-refractivity contribution in [3.8, 4) is 0 Å². The molecule has 0 aliphatic carbocycles. The Kier molecular flexibility index (Phi) is 4.64. The summed E-state index contributed by atoms with van der Waals surface area (Å²) in [6, 6.07) is 0. The molecule has 0 saturated heterocycles. The fourth-order valence-corrected chi connectivity index (χ4v) is 1.34. The van der Waals surface area contributed by atoms with Crippen molar-refractivity contribution in [3.05, 3.63) is 0 Å². The van der Waals surface area contributed by atoms with Gasteiger partial charge in [0.1, 0.15) is 0 Å². The minimum absolute atomic E-state index is 0.514. The summed E-state index contributed by atoms with van der Waals surface area (Å²) in [5.74, 6) is 0.514. The summed E-state index contributed by atoms with van der Waals surface area (Å²) >= 11 is 0. The Hall–Kier alpha value is -0.0900. The maximum Gasteiger partial charge on any atom is 0.0412 e. The minimum atomic E-state index is -2.24. The summed E-state index contributed by atoms with van der Waals surface area (Å²) < 4.78 is 17.9. The van der Waals surface area contributed by atoms with Gasteiger partial charge in [-0.25, -0.2) is 0 Å². The van der Waals surface area contributed by atoms with E-state index in [1.54, 1.807) is 0 Å². The van der Waals surface area contributed by atoms with Gasteiger partial charge in [-0.1, -0.05) is 6.92 Å². The smallest absolute Gasteiger partial charge is 0.0412 e. The molecule has 62 valence electrons. The quantitative estimate of drug-likeness (QED) is 0.587. The highest BCUT2D eigenvalue weighted by Gasteiger charge is 1.95. The average Bonchev–Trinajstić information content (AvgIpc) is 1.78. The van der Waals surface area contributed by atoms with E-state index in [0.717, 1.165) is 19.5 Å². The van der Waals surface area contributed by atoms with Gasteiger partial charge in [0, 0.05) is 21.7 Å². The lowest BCUT2D eigenvalue weighted by molar-refractivity contribution is 0.666. The molecule has 0 aliphatic heterocycles. The molecule has 0 bridgehead atoms. The highest BCUT2D eigenvalue weighted by molar-refractivity contribution is 7.91. The maximum atomic E-state index is 10.8. The first-order chi connectivity index (χ1) is 4.56. The van der Waals surface area contributed by atoms with E-state index in [4.69, 9.17) is 4.78 Å². The van der Waals surface area contributed by atoms with Crippen molar-refractivity contribution >= 4 is 9.73 Å². The molecule has 10 heavy (non-hydrogen) atoms. The maximum absolute atomic E-state index is 10.8. The molecular formula is C6H16N2OS. The highest BCUT2D eigenvalue weighted by Crippen LogP contribution is 1.87. The summed E-state index contributed by atoms with van der Waals surface area (Å²) in [5.41, 5.74) is 0. The van der Waals surface area contributed by atoms with Crippen molar-refractivity contribution in [1.82, 2.24) is 5.32 Å². The van der Waals surface area contributed by atoms with Crippen LogP contribution in [0.2, 0.25) is 0 Å². The van der Waals surface area contributed by atoms with Crippen LogP contribution in [0.25, 0.3) is 0 Å². The number of hydrogen-bond acceptors (Lipinski definition) is 3. The van der Waals surface area contributed by atoms with Gasteiger partial charge in [-0.15, -0.1) is 0 Å². The van der Waals surface area contributed by atoms with E-state index in [0.29, 0.717) is 5.75 Å². The molecule has 0 radical (unpaired) electrons. The van der Waals surface area contributed by atoms with Crippen molar-refractivity contribution in [2.24, 2.45) is 0 Å². The summed E-state index contributed by atoms with van der Waals surface area (Å²) in [6.07, 6.45) is 2.33. The van der Waals surface area contributed by atoms with Crippen molar-refractivity contribution in [1.29, 1.82) is 4.78 Å². The number of nitrogens with one attached hydrogen (secondary N) is 2. The van der Waals surface area contributed by atoms with Gasteiger partial charge in [0.2, 0.25) is 0 Å². The third-order valence-corrected chi connectivity index (χ3v) is 2.21. The Morgan fingerprint density at radius 3 is 2.60 bits per heavy atom. The van der Waals surface area contributed by atoms with Crippen molar-refractivity contribution < 1.29 is 4.21 Å². The molecule has 0 spiro atoms. The zero-order valence-electron chi connectivity index (χ0n) is 6.64. The van der Waals surface area contributed by atoms with Gasteiger partial charge >= 0.3 is 0 Å². The highest BCUT2D eigenvalue weighted by atomic mass is 32.2. The van der Waals surface area contributed by atoms with E-state index < -0.39 is 9.73 Å². The van der Waals surface area contributed by atoms with Crippen LogP contribution in [0.1, 0.15) is 13.3 Å². The fourth-order valence-electron chi connectivity index (χ4n) is 0.649. The lowest BCUT2D eigenvalue weighted by Gasteiger charge is -2.00. The van der Waals surface area contributed by atoms with E-state index >= 15 is 0 Å². The number of rotatable bonds is 5. The van der Waals surface area contributed by atoms with Gasteiger partial charge in [-0.3, -0.25) is 8.99 Å². The fraction of sp³-hybridized carbons (Fsp3) is 1.00. The Labute approximate surface area is 63.2 Å². The van der Waals surface area contributed by atoms with Crippen LogP contribution in [0.15, 0.2) is 0 Å². The third kappa shape index (κ3) is 7.91. The molecule has 3 nitrogen and oxygen atoms in total. The van der Waals surface area contributed by atoms with E-state index in [1.807, 2.05) is 6.92 Å². The predicted molar refractivity (Wildman–Crippen MR) is 44.8 cm³/mol. The van der Waals surface area contributed by atoms with Gasteiger partial charge in [0.05, 0.1) is 0 Å². The van der Waals surface area contributed by atoms with Crippen LogP contribution >= 0.6 is 0 Å². The molecule has 0 amide bonds. The van der Waals surface area contributed by atoms with Crippen molar-refractivity contribution in [2.75, 3.05) is 25.1 Å². The largest absolute Gasteiger partial charge is 0.317 e. The Morgan fingerprint density at radius 2 is 2.20 bits per heavy atom. The Bertz CT molecular complexity index is 163. The SMILES string of the molecule is CCNCCCS(C)(=N)=O. The molecule has 0 saturated carbocycles. The van der Waals surface area contributed by atoms with Crippen LogP contribution in [0.5, 0.6) is 0 Å². The lowest BCUT2D eigenvalue weighted by Crippen LogP contribution is -2.16. The molecule has 0 aliphatic rings. The molecule has 1 unspecified atom stereocenters. The van der Waals surface area contributed by atoms with Crippen LogP contribution in [0.4, 0.5) is 0 Å². The Balaban J connectivity index is 3.21. The molecule has 2 N–H and O–H groups in total. The molecule has 4 heteroatoms. The summed E-state index contributed by atoms with van der Waals surface area (Å²) in [6.45, 7) is 3.85. The zero-order valence-corrected chi connectivity index (χ0v) is 7.46. The average molecular weight is 164 g/mol. The Morgan fingerprint density at radius 1 is 1.60 bits per heavy atom. The lowest BCUT2D eigenvalue weighted by atomic mass is 10.5. The van der Waals surface area contributed by atoms with Crippen LogP contribution in [-0.4, -0.2) is 29.3 Å². The van der Waals surface area contributed by atoms with Crippen molar-refractivity contribution in [2.45, 2.75) is 13.3 Å². The molecular weight excluding hydrogens is 148 g/mol. The van der Waals surface area contributed by atoms with Gasteiger partial charge < -0.3 is 5.32 Å². The minimum Gasteiger partial charge on any atom is -0.317 e. The third-order valence-electron chi connectivity index (χ3n) is 1.14. The first-order valence-electron chi connectivity index (χ1n) is 3.48. The predicted octanol–water partition coefficient (Wildman–Crippen LogP) is 0.663. The molecule has 0 aromatic rings. The molecule has 0 rings (SSSR count). The van der Waals surface area contributed by atoms with Crippen LogP contribution < -0.4 is 5.32 Å². The standard InChI is InChI=1S/C6H16N2OS/c1-3-8-5-4-6-10(2,7)9/h7-8H,3-6H2,1-2H3. The van der Waals surface area contributed by atoms with Crippen LogP contribution in [0, 0.1) is 4.78 Å². The van der Waals surface area contributed by atoms with E-state index in [9.17, 15) is 4.21 Å².